The van der Waals surface area contributed by atoms with Crippen LogP contribution < -0.4 is 9.79 Å². The second kappa shape index (κ2) is 2.83. The van der Waals surface area contributed by atoms with Gasteiger partial charge in [0.15, 0.2) is 0 Å². The average molecular weight is 161 g/mol. The van der Waals surface area contributed by atoms with Crippen LogP contribution in [0.4, 0.5) is 0 Å². The summed E-state index contributed by atoms with van der Waals surface area (Å²) in [5.74, 6) is 0. The molecule has 0 atom stereocenters. The van der Waals surface area contributed by atoms with Crippen molar-refractivity contribution in [1.82, 2.24) is 0 Å². The molecule has 0 spiro atoms. The van der Waals surface area contributed by atoms with Crippen molar-refractivity contribution in [3.8, 4) is 0 Å². The predicted molar refractivity (Wildman–Crippen MR) is 9.83 cm³/mol. The van der Waals surface area contributed by atoms with Crippen LogP contribution in [0.25, 0.3) is 0 Å². The second-order valence-corrected chi connectivity index (χ2v) is 1.41. The molecule has 0 rings (SSSR count). The van der Waals surface area contributed by atoms with Crippen molar-refractivity contribution in [3.63, 3.8) is 0 Å². The molecule has 0 unspecified atom stereocenters. The molecule has 0 saturated heterocycles. The Kier molecular flexibility index (Phi) is 4.66. The molecule has 0 saturated carbocycles. The number of hydrogen-bond donors (Lipinski definition) is 1. The van der Waals surface area contributed by atoms with Crippen LogP contribution in [0, 0.1) is 0 Å². The molecule has 0 radical (unpaired) electrons. The first kappa shape index (κ1) is 9.88. The molecule has 4 nitrogen and oxygen atoms in total. The zero-order valence-corrected chi connectivity index (χ0v) is 6.69. The fourth-order valence-corrected chi connectivity index (χ4v) is 0. The molecular formula is HO4PZn. The summed E-state index contributed by atoms with van der Waals surface area (Å²) in [6, 6.07) is 0. The van der Waals surface area contributed by atoms with E-state index >= 15 is 0 Å². The Bertz CT molecular complexity index is 53.7. The van der Waals surface area contributed by atoms with E-state index in [9.17, 15) is 0 Å². The molecule has 0 aliphatic carbocycles. The minimum absolute atomic E-state index is 0. The normalized spacial score (nSPS) is 9.83. The van der Waals surface area contributed by atoms with Crippen LogP contribution in [0.5, 0.6) is 0 Å². The molecule has 0 heterocycles. The van der Waals surface area contributed by atoms with Crippen molar-refractivity contribution in [2.45, 2.75) is 0 Å². The van der Waals surface area contributed by atoms with Gasteiger partial charge in [0.05, 0.1) is 7.82 Å². The molecule has 0 aliphatic heterocycles. The van der Waals surface area contributed by atoms with Crippen LogP contribution in [-0.2, 0) is 24.0 Å². The summed E-state index contributed by atoms with van der Waals surface area (Å²) in [6.07, 6.45) is 0. The third-order valence-electron chi connectivity index (χ3n) is 0. The summed E-state index contributed by atoms with van der Waals surface area (Å²) < 4.78 is 8.66. The van der Waals surface area contributed by atoms with Gasteiger partial charge < -0.3 is 19.2 Å². The van der Waals surface area contributed by atoms with E-state index < -0.39 is 7.82 Å². The fourth-order valence-electron chi connectivity index (χ4n) is 0. The van der Waals surface area contributed by atoms with Gasteiger partial charge >= 0.3 is 19.5 Å². The first-order chi connectivity index (χ1) is 2.00. The Hall–Kier alpha value is 0.733. The van der Waals surface area contributed by atoms with E-state index in [2.05, 4.69) is 0 Å². The molecule has 0 fully saturated rings. The second-order valence-electron chi connectivity index (χ2n) is 0.469. The van der Waals surface area contributed by atoms with Gasteiger partial charge in [0.1, 0.15) is 0 Å². The van der Waals surface area contributed by atoms with Crippen LogP contribution >= 0.6 is 7.82 Å². The largest absolute Gasteiger partial charge is 2.00 e. The van der Waals surface area contributed by atoms with Gasteiger partial charge in [-0.2, -0.15) is 0 Å². The third kappa shape index (κ3) is 123. The first-order valence-corrected chi connectivity index (χ1v) is 2.24. The van der Waals surface area contributed by atoms with Gasteiger partial charge in [-0.05, 0) is 0 Å². The van der Waals surface area contributed by atoms with E-state index in [1.165, 1.54) is 0 Å². The van der Waals surface area contributed by atoms with Crippen molar-refractivity contribution >= 4 is 7.82 Å². The topological polar surface area (TPSA) is 83.4 Å². The quantitative estimate of drug-likeness (QED) is 0.323. The Morgan fingerprint density at radius 1 is 1.50 bits per heavy atom. The Labute approximate surface area is 47.2 Å². The van der Waals surface area contributed by atoms with E-state index in [1.807, 2.05) is 0 Å². The minimum Gasteiger partial charge on any atom is -0.790 e. The molecule has 32 valence electrons. The number of hydrogen-bond acceptors (Lipinski definition) is 3. The maximum Gasteiger partial charge on any atom is 2.00 e. The van der Waals surface area contributed by atoms with E-state index in [-0.39, 0.29) is 19.5 Å². The van der Waals surface area contributed by atoms with Crippen LogP contribution in [0.3, 0.4) is 0 Å². The van der Waals surface area contributed by atoms with Gasteiger partial charge in [-0.1, -0.05) is 0 Å². The van der Waals surface area contributed by atoms with Crippen LogP contribution in [0.15, 0.2) is 0 Å². The zero-order chi connectivity index (χ0) is 4.50. The van der Waals surface area contributed by atoms with E-state index in [1.54, 1.807) is 0 Å². The third-order valence-corrected chi connectivity index (χ3v) is 0. The summed E-state index contributed by atoms with van der Waals surface area (Å²) in [6.45, 7) is 0. The minimum atomic E-state index is -5.14. The van der Waals surface area contributed by atoms with Crippen molar-refractivity contribution < 1.29 is 38.7 Å². The SMILES string of the molecule is O=P([O-])([O-])O.[Zn+2]. The van der Waals surface area contributed by atoms with Gasteiger partial charge in [0.2, 0.25) is 0 Å². The summed E-state index contributed by atoms with van der Waals surface area (Å²) in [5.41, 5.74) is 0. The monoisotopic (exact) mass is 160 g/mol. The molecular weight excluding hydrogens is 160 g/mol. The number of rotatable bonds is 0. The van der Waals surface area contributed by atoms with Gasteiger partial charge in [0, 0.05) is 0 Å². The van der Waals surface area contributed by atoms with Gasteiger partial charge in [-0.25, -0.2) is 0 Å². The summed E-state index contributed by atoms with van der Waals surface area (Å²) >= 11 is 0. The van der Waals surface area contributed by atoms with Crippen LogP contribution in [0.1, 0.15) is 0 Å². The molecule has 6 heavy (non-hydrogen) atoms. The summed E-state index contributed by atoms with van der Waals surface area (Å²) in [5, 5.41) is 0. The molecule has 0 aromatic carbocycles. The fraction of sp³-hybridized carbons (Fsp3) is 0. The molecule has 6 heteroatoms. The predicted octanol–water partition coefficient (Wildman–Crippen LogP) is -2.20. The van der Waals surface area contributed by atoms with Gasteiger partial charge in [-0.15, -0.1) is 0 Å². The molecule has 0 aliphatic rings. The van der Waals surface area contributed by atoms with Gasteiger partial charge in [-0.3, -0.25) is 0 Å². The van der Waals surface area contributed by atoms with Crippen LogP contribution in [0.2, 0.25) is 0 Å². The standard InChI is InChI=1S/H3O4P.Zn/c1-5(2,3)4;/h(H3,1,2,3,4);/q;+2/p-2. The maximum atomic E-state index is 8.66. The van der Waals surface area contributed by atoms with Crippen molar-refractivity contribution in [3.05, 3.63) is 0 Å². The molecule has 0 aromatic rings. The van der Waals surface area contributed by atoms with Crippen molar-refractivity contribution in [2.75, 3.05) is 0 Å². The molecule has 0 bridgehead atoms. The van der Waals surface area contributed by atoms with E-state index in [4.69, 9.17) is 19.2 Å². The average Bonchev–Trinajstić information content (AvgIpc) is 0.722. The van der Waals surface area contributed by atoms with E-state index in [0.29, 0.717) is 0 Å². The molecule has 0 amide bonds. The van der Waals surface area contributed by atoms with E-state index in [0.717, 1.165) is 0 Å². The summed E-state index contributed by atoms with van der Waals surface area (Å²) in [4.78, 5) is 24.3. The van der Waals surface area contributed by atoms with Gasteiger partial charge in [0.25, 0.3) is 0 Å². The first-order valence-electron chi connectivity index (χ1n) is 0.748. The summed E-state index contributed by atoms with van der Waals surface area (Å²) in [7, 11) is -5.14. The molecule has 1 N–H and O–H groups in total. The number of phosphoric acid groups is 1. The smallest absolute Gasteiger partial charge is 0.790 e. The molecule has 0 aromatic heterocycles. The van der Waals surface area contributed by atoms with Crippen LogP contribution in [-0.4, -0.2) is 4.89 Å². The zero-order valence-electron chi connectivity index (χ0n) is 2.83. The Morgan fingerprint density at radius 2 is 1.50 bits per heavy atom. The van der Waals surface area contributed by atoms with Crippen molar-refractivity contribution in [1.29, 1.82) is 0 Å². The Morgan fingerprint density at radius 3 is 1.50 bits per heavy atom. The Balaban J connectivity index is 0. The van der Waals surface area contributed by atoms with Crippen molar-refractivity contribution in [2.24, 2.45) is 0 Å². The maximum absolute atomic E-state index is 8.66.